The van der Waals surface area contributed by atoms with Gasteiger partial charge in [0.1, 0.15) is 23.0 Å². The zero-order chi connectivity index (χ0) is 30.8. The van der Waals surface area contributed by atoms with Crippen LogP contribution in [0.5, 0.6) is 23.0 Å². The summed E-state index contributed by atoms with van der Waals surface area (Å²) in [5, 5.41) is 6.50. The third kappa shape index (κ3) is 5.78. The molecule has 0 aliphatic heterocycles. The first kappa shape index (κ1) is 28.4. The number of fused-ring (bicyclic) bond motifs is 4. The Balaban J connectivity index is 1.17. The van der Waals surface area contributed by atoms with Gasteiger partial charge in [0.15, 0.2) is 13.2 Å². The Hall–Kier alpha value is -5.40. The highest BCUT2D eigenvalue weighted by molar-refractivity contribution is 9.10. The van der Waals surface area contributed by atoms with E-state index in [4.69, 9.17) is 18.9 Å². The fourth-order valence-electron chi connectivity index (χ4n) is 5.52. The minimum absolute atomic E-state index is 0.310. The number of halogens is 1. The average molecular weight is 658 g/mol. The summed E-state index contributed by atoms with van der Waals surface area (Å²) in [7, 11) is 0. The van der Waals surface area contributed by atoms with Gasteiger partial charge in [0.25, 0.3) is 0 Å². The van der Waals surface area contributed by atoms with Crippen LogP contribution in [0.1, 0.15) is 0 Å². The van der Waals surface area contributed by atoms with E-state index in [1.165, 1.54) is 0 Å². The Morgan fingerprint density at radius 2 is 0.889 bits per heavy atom. The third-order valence-electron chi connectivity index (χ3n) is 7.50. The van der Waals surface area contributed by atoms with E-state index in [0.717, 1.165) is 36.8 Å². The topological polar surface area (TPSA) is 71.1 Å². The van der Waals surface area contributed by atoms with Gasteiger partial charge in [0.2, 0.25) is 0 Å². The zero-order valence-electron chi connectivity index (χ0n) is 23.9. The fourth-order valence-corrected chi connectivity index (χ4v) is 5.88. The number of esters is 2. The molecule has 0 saturated carbocycles. The van der Waals surface area contributed by atoms with E-state index >= 15 is 0 Å². The number of hydrogen-bond donors (Lipinski definition) is 0. The number of carbonyl (C=O) groups excluding carboxylic acids is 2. The molecule has 7 aromatic rings. The summed E-state index contributed by atoms with van der Waals surface area (Å²) in [4.78, 5) is 26.0. The van der Waals surface area contributed by atoms with Crippen LogP contribution in [-0.2, 0) is 9.59 Å². The van der Waals surface area contributed by atoms with Gasteiger partial charge in [-0.05, 0) is 41.1 Å². The van der Waals surface area contributed by atoms with E-state index in [0.29, 0.717) is 33.8 Å². The van der Waals surface area contributed by atoms with Gasteiger partial charge >= 0.3 is 11.9 Å². The van der Waals surface area contributed by atoms with E-state index in [1.54, 1.807) is 12.1 Å². The van der Waals surface area contributed by atoms with Gasteiger partial charge in [0, 0.05) is 36.8 Å². The van der Waals surface area contributed by atoms with Crippen molar-refractivity contribution >= 4 is 71.0 Å². The number of hydrogen-bond acceptors (Lipinski definition) is 6. The molecule has 7 rings (SSSR count). The first-order valence-electron chi connectivity index (χ1n) is 14.3. The van der Waals surface area contributed by atoms with Crippen molar-refractivity contribution in [2.24, 2.45) is 0 Å². The second-order valence-corrected chi connectivity index (χ2v) is 11.3. The molecule has 45 heavy (non-hydrogen) atoms. The van der Waals surface area contributed by atoms with Crippen LogP contribution in [0, 0.1) is 0 Å². The monoisotopic (exact) mass is 656 g/mol. The molecule has 0 atom stereocenters. The van der Waals surface area contributed by atoms with Crippen LogP contribution in [0.15, 0.2) is 132 Å². The highest BCUT2D eigenvalue weighted by Crippen LogP contribution is 2.43. The van der Waals surface area contributed by atoms with Crippen molar-refractivity contribution < 1.29 is 28.5 Å². The average Bonchev–Trinajstić information content (AvgIpc) is 3.06. The molecule has 0 fully saturated rings. The Morgan fingerprint density at radius 3 is 1.42 bits per heavy atom. The standard InChI is InChI=1S/C38H25BrO6/c39-26-19-20-31-32(21-26)38(43-23-36(41)45-34-18-8-12-25-10-2-4-14-28(25)34)30-16-6-5-15-29(30)37(31)42-22-35(40)44-33-17-7-11-24-9-1-3-13-27(24)33/h1-21H,22-23H2. The highest BCUT2D eigenvalue weighted by atomic mass is 79.9. The summed E-state index contributed by atoms with van der Waals surface area (Å²) in [6, 6.07) is 39.8. The minimum atomic E-state index is -0.532. The first-order chi connectivity index (χ1) is 22.0. The molecule has 0 saturated heterocycles. The molecule has 0 aromatic heterocycles. The molecule has 0 unspecified atom stereocenters. The van der Waals surface area contributed by atoms with Gasteiger partial charge in [-0.3, -0.25) is 0 Å². The lowest BCUT2D eigenvalue weighted by molar-refractivity contribution is -0.137. The molecule has 0 N–H and O–H groups in total. The van der Waals surface area contributed by atoms with Gasteiger partial charge in [0.05, 0.1) is 0 Å². The lowest BCUT2D eigenvalue weighted by Gasteiger charge is -2.18. The highest BCUT2D eigenvalue weighted by Gasteiger charge is 2.20. The fraction of sp³-hybridized carbons (Fsp3) is 0.0526. The number of rotatable bonds is 8. The Labute approximate surface area is 266 Å². The maximum Gasteiger partial charge on any atom is 0.349 e. The molecule has 7 aromatic carbocycles. The summed E-state index contributed by atoms with van der Waals surface area (Å²) in [6.07, 6.45) is 0. The van der Waals surface area contributed by atoms with E-state index in [-0.39, 0.29) is 13.2 Å². The van der Waals surface area contributed by atoms with Crippen LogP contribution in [0.3, 0.4) is 0 Å². The Kier molecular flexibility index (Phi) is 7.76. The maximum absolute atomic E-state index is 13.0. The van der Waals surface area contributed by atoms with Crippen molar-refractivity contribution in [2.45, 2.75) is 0 Å². The van der Waals surface area contributed by atoms with Crippen LogP contribution in [-0.4, -0.2) is 25.2 Å². The predicted molar refractivity (Wildman–Crippen MR) is 179 cm³/mol. The predicted octanol–water partition coefficient (Wildman–Crippen LogP) is 9.03. The molecule has 0 spiro atoms. The van der Waals surface area contributed by atoms with Crippen molar-refractivity contribution in [3.63, 3.8) is 0 Å². The van der Waals surface area contributed by atoms with Crippen molar-refractivity contribution in [3.05, 3.63) is 132 Å². The van der Waals surface area contributed by atoms with Crippen LogP contribution >= 0.6 is 15.9 Å². The van der Waals surface area contributed by atoms with E-state index in [2.05, 4.69) is 15.9 Å². The van der Waals surface area contributed by atoms with Crippen LogP contribution in [0.4, 0.5) is 0 Å². The number of ether oxygens (including phenoxy) is 4. The van der Waals surface area contributed by atoms with Crippen molar-refractivity contribution in [1.82, 2.24) is 0 Å². The van der Waals surface area contributed by atoms with Gasteiger partial charge in [-0.1, -0.05) is 113 Å². The normalized spacial score (nSPS) is 11.1. The molecule has 0 aliphatic carbocycles. The van der Waals surface area contributed by atoms with Crippen LogP contribution in [0.2, 0.25) is 0 Å². The lowest BCUT2D eigenvalue weighted by Crippen LogP contribution is -2.19. The summed E-state index contributed by atoms with van der Waals surface area (Å²) in [5.74, 6) is 0.890. The van der Waals surface area contributed by atoms with E-state index in [1.807, 2.05) is 115 Å². The van der Waals surface area contributed by atoms with Gasteiger partial charge < -0.3 is 18.9 Å². The van der Waals surface area contributed by atoms with Crippen molar-refractivity contribution in [2.75, 3.05) is 13.2 Å². The quantitative estimate of drug-likeness (QED) is 0.0923. The summed E-state index contributed by atoms with van der Waals surface area (Å²) in [6.45, 7) is -0.623. The third-order valence-corrected chi connectivity index (χ3v) is 8.00. The molecule has 0 amide bonds. The minimum Gasteiger partial charge on any atom is -0.481 e. The molecule has 220 valence electrons. The molecule has 0 heterocycles. The van der Waals surface area contributed by atoms with Crippen LogP contribution < -0.4 is 18.9 Å². The zero-order valence-corrected chi connectivity index (χ0v) is 25.5. The van der Waals surface area contributed by atoms with E-state index < -0.39 is 11.9 Å². The number of carbonyl (C=O) groups is 2. The second kappa shape index (κ2) is 12.3. The van der Waals surface area contributed by atoms with Gasteiger partial charge in [-0.2, -0.15) is 0 Å². The van der Waals surface area contributed by atoms with Gasteiger partial charge in [-0.25, -0.2) is 9.59 Å². The Morgan fingerprint density at radius 1 is 0.467 bits per heavy atom. The first-order valence-corrected chi connectivity index (χ1v) is 15.1. The molecular formula is C38H25BrO6. The largest absolute Gasteiger partial charge is 0.481 e. The summed E-state index contributed by atoms with van der Waals surface area (Å²) < 4.78 is 24.6. The molecule has 0 bridgehead atoms. The number of benzene rings is 7. The molecule has 0 radical (unpaired) electrons. The van der Waals surface area contributed by atoms with Crippen molar-refractivity contribution in [1.29, 1.82) is 0 Å². The summed E-state index contributed by atoms with van der Waals surface area (Å²) in [5.41, 5.74) is 0. The van der Waals surface area contributed by atoms with Crippen molar-refractivity contribution in [3.8, 4) is 23.0 Å². The SMILES string of the molecule is O=C(COc1c2ccccc2c(OCC(=O)Oc2cccc3ccccc23)c2cc(Br)ccc12)Oc1cccc2ccccc12. The Bertz CT molecular complexity index is 2230. The molecule has 7 heteroatoms. The molecule has 0 aliphatic rings. The summed E-state index contributed by atoms with van der Waals surface area (Å²) >= 11 is 3.56. The maximum atomic E-state index is 13.0. The second-order valence-electron chi connectivity index (χ2n) is 10.4. The van der Waals surface area contributed by atoms with Crippen LogP contribution in [0.25, 0.3) is 43.1 Å². The molecule has 6 nitrogen and oxygen atoms in total. The van der Waals surface area contributed by atoms with Gasteiger partial charge in [-0.15, -0.1) is 0 Å². The van der Waals surface area contributed by atoms with E-state index in [9.17, 15) is 9.59 Å². The smallest absolute Gasteiger partial charge is 0.349 e. The lowest BCUT2D eigenvalue weighted by atomic mass is 10.0. The molecular weight excluding hydrogens is 632 g/mol.